The highest BCUT2D eigenvalue weighted by Crippen LogP contribution is 2.30. The Labute approximate surface area is 90.0 Å². The highest BCUT2D eigenvalue weighted by Gasteiger charge is 2.34. The van der Waals surface area contributed by atoms with Gasteiger partial charge in [0, 0.05) is 20.3 Å². The number of ether oxygens (including phenoxy) is 1. The summed E-state index contributed by atoms with van der Waals surface area (Å²) in [5.74, 6) is -0.215. The maximum Gasteiger partial charge on any atom is 0.237 e. The van der Waals surface area contributed by atoms with Gasteiger partial charge in [-0.15, -0.1) is 0 Å². The summed E-state index contributed by atoms with van der Waals surface area (Å²) in [5, 5.41) is 12.4. The molecule has 15 heavy (non-hydrogen) atoms. The molecule has 88 valence electrons. The lowest BCUT2D eigenvalue weighted by molar-refractivity contribution is -0.125. The van der Waals surface area contributed by atoms with Gasteiger partial charge in [0.05, 0.1) is 11.6 Å². The zero-order valence-corrected chi connectivity index (χ0v) is 9.16. The summed E-state index contributed by atoms with van der Waals surface area (Å²) in [7, 11) is 1.57. The minimum Gasteiger partial charge on any atom is -0.388 e. The zero-order chi connectivity index (χ0) is 11.3. The first-order valence-electron chi connectivity index (χ1n) is 5.32. The molecule has 5 heteroatoms. The lowest BCUT2D eigenvalue weighted by atomic mass is 9.80. The summed E-state index contributed by atoms with van der Waals surface area (Å²) in [4.78, 5) is 11.4. The fraction of sp³-hybridized carbons (Fsp3) is 0.900. The summed E-state index contributed by atoms with van der Waals surface area (Å²) in [6.45, 7) is 0.783. The molecule has 1 amide bonds. The first-order chi connectivity index (χ1) is 7.07. The fourth-order valence-electron chi connectivity index (χ4n) is 1.52. The second-order valence-corrected chi connectivity index (χ2v) is 4.18. The smallest absolute Gasteiger partial charge is 0.237 e. The molecule has 0 radical (unpaired) electrons. The van der Waals surface area contributed by atoms with Crippen LogP contribution in [0.1, 0.15) is 25.7 Å². The number of methoxy groups -OCH3 is 1. The number of hydrogen-bond donors (Lipinski definition) is 3. The van der Waals surface area contributed by atoms with Crippen LogP contribution in [0.15, 0.2) is 0 Å². The van der Waals surface area contributed by atoms with E-state index >= 15 is 0 Å². The molecule has 0 bridgehead atoms. The Bertz CT molecular complexity index is 217. The third-order valence-electron chi connectivity index (χ3n) is 2.85. The quantitative estimate of drug-likeness (QED) is 0.552. The van der Waals surface area contributed by atoms with Gasteiger partial charge in [0.2, 0.25) is 5.91 Å². The number of nitrogens with one attached hydrogen (secondary N) is 1. The van der Waals surface area contributed by atoms with E-state index < -0.39 is 11.6 Å². The summed E-state index contributed by atoms with van der Waals surface area (Å²) >= 11 is 0. The molecule has 1 atom stereocenters. The first-order valence-corrected chi connectivity index (χ1v) is 5.32. The van der Waals surface area contributed by atoms with Gasteiger partial charge in [0.1, 0.15) is 0 Å². The van der Waals surface area contributed by atoms with Crippen molar-refractivity contribution < 1.29 is 14.6 Å². The Balaban J connectivity index is 2.17. The number of hydrogen-bond acceptors (Lipinski definition) is 4. The molecule has 0 aromatic carbocycles. The van der Waals surface area contributed by atoms with Crippen LogP contribution in [0.3, 0.4) is 0 Å². The maximum absolute atomic E-state index is 11.4. The van der Waals surface area contributed by atoms with Crippen molar-refractivity contribution in [3.63, 3.8) is 0 Å². The van der Waals surface area contributed by atoms with Crippen molar-refractivity contribution >= 4 is 5.91 Å². The van der Waals surface area contributed by atoms with Crippen LogP contribution in [0, 0.1) is 0 Å². The minimum absolute atomic E-state index is 0.215. The van der Waals surface area contributed by atoms with Gasteiger partial charge in [-0.25, -0.2) is 0 Å². The Morgan fingerprint density at radius 1 is 1.67 bits per heavy atom. The van der Waals surface area contributed by atoms with Crippen molar-refractivity contribution in [2.75, 3.05) is 20.3 Å². The normalized spacial score (nSPS) is 20.5. The van der Waals surface area contributed by atoms with Crippen LogP contribution < -0.4 is 11.1 Å². The third kappa shape index (κ3) is 3.77. The average molecular weight is 216 g/mol. The van der Waals surface area contributed by atoms with E-state index in [9.17, 15) is 9.90 Å². The molecule has 1 unspecified atom stereocenters. The second-order valence-electron chi connectivity index (χ2n) is 4.18. The van der Waals surface area contributed by atoms with E-state index in [1.807, 2.05) is 0 Å². The molecule has 4 N–H and O–H groups in total. The molecule has 0 aromatic rings. The molecule has 1 saturated carbocycles. The molecule has 0 heterocycles. The summed E-state index contributed by atoms with van der Waals surface area (Å²) in [5.41, 5.74) is 4.93. The molecular formula is C10H20N2O3. The number of carbonyl (C=O) groups excluding carboxylic acids is 1. The monoisotopic (exact) mass is 216 g/mol. The Morgan fingerprint density at radius 3 is 2.80 bits per heavy atom. The number of carbonyl (C=O) groups is 1. The van der Waals surface area contributed by atoms with Gasteiger partial charge < -0.3 is 20.9 Å². The molecule has 1 rings (SSSR count). The van der Waals surface area contributed by atoms with Crippen molar-refractivity contribution in [1.29, 1.82) is 0 Å². The molecule has 1 aliphatic carbocycles. The number of nitrogens with two attached hydrogens (primary N) is 1. The summed E-state index contributed by atoms with van der Waals surface area (Å²) in [6, 6.07) is -0.548. The molecule has 1 aliphatic rings. The van der Waals surface area contributed by atoms with Gasteiger partial charge in [-0.2, -0.15) is 0 Å². The predicted molar refractivity (Wildman–Crippen MR) is 56.3 cm³/mol. The van der Waals surface area contributed by atoms with Crippen molar-refractivity contribution in [2.24, 2.45) is 5.73 Å². The Hall–Kier alpha value is -0.650. The molecule has 0 aliphatic heterocycles. The van der Waals surface area contributed by atoms with E-state index in [0.29, 0.717) is 19.6 Å². The van der Waals surface area contributed by atoms with Gasteiger partial charge >= 0.3 is 0 Å². The summed E-state index contributed by atoms with van der Waals surface area (Å²) in [6.07, 6.45) is 3.06. The van der Waals surface area contributed by atoms with Crippen LogP contribution in [-0.4, -0.2) is 42.9 Å². The molecule has 0 saturated heterocycles. The van der Waals surface area contributed by atoms with Gasteiger partial charge in [0.25, 0.3) is 0 Å². The van der Waals surface area contributed by atoms with Crippen LogP contribution in [-0.2, 0) is 9.53 Å². The Morgan fingerprint density at radius 2 is 2.33 bits per heavy atom. The SMILES string of the molecule is COCCC(N)C(=O)NCC1(O)CCC1. The number of amides is 1. The molecule has 0 spiro atoms. The highest BCUT2D eigenvalue weighted by atomic mass is 16.5. The largest absolute Gasteiger partial charge is 0.388 e. The minimum atomic E-state index is -0.684. The predicted octanol–water partition coefficient (Wildman–Crippen LogP) is -0.619. The molecule has 1 fully saturated rings. The van der Waals surface area contributed by atoms with Crippen LogP contribution in [0.4, 0.5) is 0 Å². The molecular weight excluding hydrogens is 196 g/mol. The lowest BCUT2D eigenvalue weighted by Crippen LogP contribution is -2.51. The highest BCUT2D eigenvalue weighted by molar-refractivity contribution is 5.81. The van der Waals surface area contributed by atoms with Crippen LogP contribution in [0.25, 0.3) is 0 Å². The van der Waals surface area contributed by atoms with Crippen molar-refractivity contribution in [2.45, 2.75) is 37.3 Å². The van der Waals surface area contributed by atoms with Gasteiger partial charge in [-0.05, 0) is 25.7 Å². The van der Waals surface area contributed by atoms with E-state index in [1.165, 1.54) is 0 Å². The summed E-state index contributed by atoms with van der Waals surface area (Å²) < 4.78 is 4.83. The Kier molecular flexibility index (Phi) is 4.50. The topological polar surface area (TPSA) is 84.6 Å². The van der Waals surface area contributed by atoms with E-state index in [2.05, 4.69) is 5.32 Å². The fourth-order valence-corrected chi connectivity index (χ4v) is 1.52. The van der Waals surface area contributed by atoms with Gasteiger partial charge in [0.15, 0.2) is 0 Å². The molecule has 0 aromatic heterocycles. The third-order valence-corrected chi connectivity index (χ3v) is 2.85. The van der Waals surface area contributed by atoms with E-state index in [0.717, 1.165) is 19.3 Å². The zero-order valence-electron chi connectivity index (χ0n) is 9.16. The number of rotatable bonds is 6. The van der Waals surface area contributed by atoms with Crippen LogP contribution in [0.5, 0.6) is 0 Å². The lowest BCUT2D eigenvalue weighted by Gasteiger charge is -2.36. The van der Waals surface area contributed by atoms with Gasteiger partial charge in [-0.3, -0.25) is 4.79 Å². The van der Waals surface area contributed by atoms with Gasteiger partial charge in [-0.1, -0.05) is 0 Å². The standard InChI is InChI=1S/C10H20N2O3/c1-15-6-3-8(11)9(13)12-7-10(14)4-2-5-10/h8,14H,2-7,11H2,1H3,(H,12,13). The first kappa shape index (κ1) is 12.4. The second kappa shape index (κ2) is 5.44. The van der Waals surface area contributed by atoms with E-state index in [-0.39, 0.29) is 5.91 Å². The number of aliphatic hydroxyl groups is 1. The average Bonchev–Trinajstić information content (AvgIpc) is 2.19. The van der Waals surface area contributed by atoms with Crippen molar-refractivity contribution in [3.05, 3.63) is 0 Å². The van der Waals surface area contributed by atoms with E-state index in [1.54, 1.807) is 7.11 Å². The van der Waals surface area contributed by atoms with Crippen molar-refractivity contribution in [1.82, 2.24) is 5.32 Å². The van der Waals surface area contributed by atoms with Crippen LogP contribution >= 0.6 is 0 Å². The van der Waals surface area contributed by atoms with E-state index in [4.69, 9.17) is 10.5 Å². The maximum atomic E-state index is 11.4. The van der Waals surface area contributed by atoms with Crippen molar-refractivity contribution in [3.8, 4) is 0 Å². The van der Waals surface area contributed by atoms with Crippen LogP contribution in [0.2, 0.25) is 0 Å². The molecule has 5 nitrogen and oxygen atoms in total.